The van der Waals surface area contributed by atoms with E-state index in [4.69, 9.17) is 9.72 Å². The van der Waals surface area contributed by atoms with E-state index in [9.17, 15) is 29.1 Å². The van der Waals surface area contributed by atoms with Crippen molar-refractivity contribution in [1.82, 2.24) is 40.7 Å². The highest BCUT2D eigenvalue weighted by atomic mass is 32.1. The number of carbonyl (C=O) groups excluding carboxylic acids is 5. The van der Waals surface area contributed by atoms with Gasteiger partial charge >= 0.3 is 6.09 Å². The third-order valence-electron chi connectivity index (χ3n) is 14.5. The third kappa shape index (κ3) is 17.8. The van der Waals surface area contributed by atoms with E-state index < -0.39 is 41.3 Å². The molecule has 0 unspecified atom stereocenters. The summed E-state index contributed by atoms with van der Waals surface area (Å²) in [6, 6.07) is 18.8. The molecule has 81 heavy (non-hydrogen) atoms. The van der Waals surface area contributed by atoms with Gasteiger partial charge in [0.05, 0.1) is 40.1 Å². The van der Waals surface area contributed by atoms with Crippen LogP contribution < -0.4 is 31.5 Å². The van der Waals surface area contributed by atoms with Gasteiger partial charge in [-0.15, -0.1) is 11.3 Å². The number of alkyl carbamates (subject to hydrolysis) is 1. The van der Waals surface area contributed by atoms with Gasteiger partial charge in [-0.05, 0) is 142 Å². The number of rotatable bonds is 20. The summed E-state index contributed by atoms with van der Waals surface area (Å²) in [6.07, 6.45) is 5.41. The van der Waals surface area contributed by atoms with Crippen LogP contribution in [0.4, 0.5) is 27.8 Å². The van der Waals surface area contributed by atoms with E-state index in [2.05, 4.69) is 46.4 Å². The minimum Gasteiger partial charge on any atom is -0.444 e. The zero-order chi connectivity index (χ0) is 58.8. The van der Waals surface area contributed by atoms with Crippen molar-refractivity contribution in [2.45, 2.75) is 157 Å². The molecule has 3 aromatic heterocycles. The van der Waals surface area contributed by atoms with Gasteiger partial charge in [-0.2, -0.15) is 0 Å². The molecule has 0 radical (unpaired) electrons. The molecule has 7 rings (SSSR count). The van der Waals surface area contributed by atoms with Gasteiger partial charge in [0.15, 0.2) is 0 Å². The van der Waals surface area contributed by atoms with Crippen molar-refractivity contribution >= 4 is 64.1 Å². The SMILES string of the molecule is Cc1cc(NC(=O)[C@@H](CC(C)(C)C)NC(=O)OC(C)(C)C)ccc1-c1ccnc(Nc2ccc(N3CCN(CCCCCC(=O)N[C@H](C(=O)N4C[C@H](O)C[C@H]4C(=O)N[C@@H](C)c4ccc(-c5scnc5C)cc4)C(C)(C)C)CC3)nc2)c1. The maximum atomic E-state index is 14.2. The number of nitrogens with one attached hydrogen (secondary N) is 5. The van der Waals surface area contributed by atoms with Crippen LogP contribution in [0.3, 0.4) is 0 Å². The Morgan fingerprint density at radius 3 is 2.14 bits per heavy atom. The summed E-state index contributed by atoms with van der Waals surface area (Å²) in [5.41, 5.74) is 7.54. The number of thiazole rings is 1. The molecule has 5 heterocycles. The van der Waals surface area contributed by atoms with Gasteiger partial charge in [-0.3, -0.25) is 24.1 Å². The number of pyridine rings is 2. The first kappa shape index (κ1) is 61.7. The number of aliphatic hydroxyl groups excluding tert-OH is 1. The highest BCUT2D eigenvalue weighted by molar-refractivity contribution is 7.13. The Labute approximate surface area is 482 Å². The lowest BCUT2D eigenvalue weighted by molar-refractivity contribution is -0.144. The van der Waals surface area contributed by atoms with E-state index in [1.54, 1.807) is 38.3 Å². The van der Waals surface area contributed by atoms with Gasteiger partial charge in [0, 0.05) is 57.4 Å². The molecule has 2 fully saturated rings. The lowest BCUT2D eigenvalue weighted by atomic mass is 9.85. The van der Waals surface area contributed by atoms with Crippen molar-refractivity contribution in [3.63, 3.8) is 0 Å². The average Bonchev–Trinajstić information content (AvgIpc) is 4.03. The summed E-state index contributed by atoms with van der Waals surface area (Å²) in [7, 11) is 0. The maximum Gasteiger partial charge on any atom is 0.408 e. The number of benzene rings is 2. The average molecular weight is 1130 g/mol. The highest BCUT2D eigenvalue weighted by Gasteiger charge is 2.45. The number of nitrogens with zero attached hydrogens (tertiary/aromatic N) is 6. The Bertz CT molecular complexity index is 2960. The van der Waals surface area contributed by atoms with Crippen LogP contribution in [-0.2, 0) is 23.9 Å². The summed E-state index contributed by atoms with van der Waals surface area (Å²) < 4.78 is 5.44. The van der Waals surface area contributed by atoms with Crippen LogP contribution in [-0.4, -0.2) is 129 Å². The molecule has 436 valence electrons. The minimum atomic E-state index is -0.874. The number of piperazine rings is 1. The van der Waals surface area contributed by atoms with Crippen LogP contribution in [0.2, 0.25) is 0 Å². The van der Waals surface area contributed by atoms with Crippen molar-refractivity contribution < 1.29 is 33.8 Å². The molecular formula is C62H85N11O7S. The number of likely N-dealkylation sites (tertiary alicyclic amines) is 1. The third-order valence-corrected chi connectivity index (χ3v) is 15.5. The van der Waals surface area contributed by atoms with E-state index in [1.807, 2.05) is 141 Å². The largest absolute Gasteiger partial charge is 0.444 e. The fourth-order valence-corrected chi connectivity index (χ4v) is 11.1. The molecule has 19 heteroatoms. The number of hydrogen-bond acceptors (Lipinski definition) is 14. The first-order valence-electron chi connectivity index (χ1n) is 28.4. The number of hydrogen-bond donors (Lipinski definition) is 6. The predicted molar refractivity (Wildman–Crippen MR) is 321 cm³/mol. The van der Waals surface area contributed by atoms with E-state index in [0.717, 1.165) is 95.5 Å². The molecule has 6 N–H and O–H groups in total. The summed E-state index contributed by atoms with van der Waals surface area (Å²) in [5, 5.41) is 25.9. The van der Waals surface area contributed by atoms with Crippen LogP contribution in [0.25, 0.3) is 21.6 Å². The lowest BCUT2D eigenvalue weighted by Gasteiger charge is -2.35. The second-order valence-electron chi connectivity index (χ2n) is 25.0. The minimum absolute atomic E-state index is 0.0187. The Kier molecular flexibility index (Phi) is 20.4. The monoisotopic (exact) mass is 1130 g/mol. The van der Waals surface area contributed by atoms with Gasteiger partial charge in [-0.1, -0.05) is 78.3 Å². The Morgan fingerprint density at radius 1 is 0.790 bits per heavy atom. The first-order valence-corrected chi connectivity index (χ1v) is 29.2. The van der Waals surface area contributed by atoms with E-state index >= 15 is 0 Å². The maximum absolute atomic E-state index is 14.2. The molecule has 0 spiro atoms. The molecule has 5 aromatic rings. The fourth-order valence-electron chi connectivity index (χ4n) is 10.3. The number of carbonyl (C=O) groups is 5. The normalized spacial score (nSPS) is 17.2. The van der Waals surface area contributed by atoms with Gasteiger partial charge in [0.2, 0.25) is 23.6 Å². The smallest absolute Gasteiger partial charge is 0.408 e. The van der Waals surface area contributed by atoms with Gasteiger partial charge < -0.3 is 46.2 Å². The van der Waals surface area contributed by atoms with E-state index in [0.29, 0.717) is 24.3 Å². The summed E-state index contributed by atoms with van der Waals surface area (Å²) in [4.78, 5) is 88.4. The van der Waals surface area contributed by atoms with Crippen LogP contribution in [0, 0.1) is 24.7 Å². The highest BCUT2D eigenvalue weighted by Crippen LogP contribution is 2.32. The lowest BCUT2D eigenvalue weighted by Crippen LogP contribution is -2.57. The Hall–Kier alpha value is -6.96. The van der Waals surface area contributed by atoms with E-state index in [-0.39, 0.29) is 54.5 Å². The van der Waals surface area contributed by atoms with Crippen LogP contribution in [0.15, 0.2) is 84.6 Å². The Balaban J connectivity index is 0.822. The number of unbranched alkanes of at least 4 members (excludes halogenated alkanes) is 2. The molecule has 18 nitrogen and oxygen atoms in total. The first-order chi connectivity index (χ1) is 38.2. The molecule has 2 saturated heterocycles. The number of amides is 5. The summed E-state index contributed by atoms with van der Waals surface area (Å²) in [5.74, 6) is 0.337. The van der Waals surface area contributed by atoms with E-state index in [1.165, 1.54) is 4.90 Å². The number of aliphatic hydroxyl groups is 1. The number of aromatic nitrogens is 3. The molecule has 2 aromatic carbocycles. The molecule has 5 amide bonds. The number of β-amino-alcohol motifs (C(OH)–C–C–N with tert-alkyl or cyclic N) is 1. The summed E-state index contributed by atoms with van der Waals surface area (Å²) >= 11 is 1.58. The quantitative estimate of drug-likeness (QED) is 0.0400. The number of aryl methyl sites for hydroxylation is 2. The standard InChI is InChI=1S/C62H85N11O7S/c1-39-32-45(68-56(76)49(35-60(4,5)6)69-59(79)80-62(10,11)12)21-23-48(39)44-25-26-63-51(33-44)67-46-22-24-52(64-36-46)72-30-28-71(29-31-72)27-15-13-14-16-53(75)70-55(61(7,8)9)58(78)73-37-47(74)34-50(73)57(77)66-40(2)42-17-19-43(20-18-42)54-41(3)65-38-81-54/h17-26,32-33,36,38,40,47,49-50,55,74H,13-16,27-31,34-35,37H2,1-12H3,(H,63,67)(H,66,77)(H,68,76)(H,69,79)(H,70,75)/t40-,47+,49+,50-,55+/m0/s1. The molecule has 5 atom stereocenters. The van der Waals surface area contributed by atoms with Gasteiger partial charge in [0.25, 0.3) is 0 Å². The van der Waals surface area contributed by atoms with Crippen molar-refractivity contribution in [2.24, 2.45) is 10.8 Å². The van der Waals surface area contributed by atoms with Crippen LogP contribution in [0.5, 0.6) is 0 Å². The summed E-state index contributed by atoms with van der Waals surface area (Å²) in [6.45, 7) is 27.4. The molecule has 0 bridgehead atoms. The topological polar surface area (TPSA) is 223 Å². The van der Waals surface area contributed by atoms with Gasteiger partial charge in [-0.25, -0.2) is 19.7 Å². The van der Waals surface area contributed by atoms with Crippen LogP contribution >= 0.6 is 11.3 Å². The zero-order valence-corrected chi connectivity index (χ0v) is 50.3. The second kappa shape index (κ2) is 26.7. The molecule has 0 saturated carbocycles. The van der Waals surface area contributed by atoms with Crippen LogP contribution in [0.1, 0.15) is 131 Å². The van der Waals surface area contributed by atoms with Crippen molar-refractivity contribution in [3.8, 4) is 21.6 Å². The zero-order valence-electron chi connectivity index (χ0n) is 49.4. The predicted octanol–water partition coefficient (Wildman–Crippen LogP) is 9.95. The second-order valence-corrected chi connectivity index (χ2v) is 25.8. The number of anilines is 4. The molecule has 0 aliphatic carbocycles. The van der Waals surface area contributed by atoms with Crippen molar-refractivity contribution in [3.05, 3.63) is 101 Å². The molecule has 2 aliphatic heterocycles. The molecule has 2 aliphatic rings. The molecular weight excluding hydrogens is 1040 g/mol. The van der Waals surface area contributed by atoms with Gasteiger partial charge in [0.1, 0.15) is 35.4 Å². The fraction of sp³-hybridized carbons (Fsp3) is 0.516. The Morgan fingerprint density at radius 2 is 1.51 bits per heavy atom. The number of ether oxygens (including phenoxy) is 1. The van der Waals surface area contributed by atoms with Crippen molar-refractivity contribution in [1.29, 1.82) is 0 Å². The van der Waals surface area contributed by atoms with Crippen molar-refractivity contribution in [2.75, 3.05) is 54.8 Å².